The van der Waals surface area contributed by atoms with E-state index in [-0.39, 0.29) is 18.0 Å². The van der Waals surface area contributed by atoms with Gasteiger partial charge in [0.2, 0.25) is 5.91 Å². The van der Waals surface area contributed by atoms with Gasteiger partial charge < -0.3 is 5.32 Å². The van der Waals surface area contributed by atoms with E-state index in [9.17, 15) is 9.59 Å². The first kappa shape index (κ1) is 18.5. The van der Waals surface area contributed by atoms with Crippen LogP contribution in [0.5, 0.6) is 0 Å². The van der Waals surface area contributed by atoms with Gasteiger partial charge >= 0.3 is 0 Å². The lowest BCUT2D eigenvalue weighted by molar-refractivity contribution is -0.116. The highest BCUT2D eigenvalue weighted by atomic mass is 35.5. The standard InChI is InChI=1S/C19H17Cl2N3O2S/c1-10-2-3-14-15(4-10)27-18-17(14)19(26)24(9-22-18)8-16(25)23-13-6-11(20)5-12(21)7-13/h5-7,9-10H,2-4,8H2,1H3,(H,23,25)/t10-/m0/s1. The molecule has 2 heterocycles. The molecule has 1 aliphatic rings. The second kappa shape index (κ2) is 7.26. The van der Waals surface area contributed by atoms with E-state index in [1.807, 2.05) is 0 Å². The number of carbonyl (C=O) groups is 1. The molecule has 0 saturated carbocycles. The summed E-state index contributed by atoms with van der Waals surface area (Å²) in [5, 5.41) is 4.24. The van der Waals surface area contributed by atoms with Gasteiger partial charge in [-0.15, -0.1) is 11.3 Å². The Kier molecular flexibility index (Phi) is 4.97. The first-order valence-corrected chi connectivity index (χ1v) is 10.2. The molecule has 3 aromatic rings. The van der Waals surface area contributed by atoms with Crippen LogP contribution in [0.15, 0.2) is 29.3 Å². The van der Waals surface area contributed by atoms with Gasteiger partial charge in [0.25, 0.3) is 5.56 Å². The van der Waals surface area contributed by atoms with Gasteiger partial charge in [0.05, 0.1) is 11.7 Å². The third-order valence-electron chi connectivity index (χ3n) is 4.74. The SMILES string of the molecule is C[C@H]1CCc2c(sc3ncn(CC(=O)Nc4cc(Cl)cc(Cl)c4)c(=O)c23)C1. The van der Waals surface area contributed by atoms with Crippen LogP contribution in [0.25, 0.3) is 10.2 Å². The molecule has 27 heavy (non-hydrogen) atoms. The number of nitrogens with zero attached hydrogens (tertiary/aromatic N) is 2. The highest BCUT2D eigenvalue weighted by Gasteiger charge is 2.23. The van der Waals surface area contributed by atoms with Gasteiger partial charge in [-0.25, -0.2) is 4.98 Å². The molecule has 4 rings (SSSR count). The molecule has 8 heteroatoms. The Morgan fingerprint density at radius 1 is 1.33 bits per heavy atom. The second-order valence-corrected chi connectivity index (χ2v) is 8.87. The Morgan fingerprint density at radius 3 is 2.81 bits per heavy atom. The van der Waals surface area contributed by atoms with Crippen molar-refractivity contribution < 1.29 is 4.79 Å². The number of carbonyl (C=O) groups excluding carboxylic acids is 1. The molecular formula is C19H17Cl2N3O2S. The van der Waals surface area contributed by atoms with E-state index in [2.05, 4.69) is 17.2 Å². The van der Waals surface area contributed by atoms with Crippen LogP contribution in [0.4, 0.5) is 5.69 Å². The molecule has 140 valence electrons. The highest BCUT2D eigenvalue weighted by Crippen LogP contribution is 2.35. The number of fused-ring (bicyclic) bond motifs is 3. The molecule has 1 aliphatic carbocycles. The van der Waals surface area contributed by atoms with Crippen LogP contribution in [0.3, 0.4) is 0 Å². The molecule has 0 spiro atoms. The predicted octanol–water partition coefficient (Wildman–Crippen LogP) is 4.53. The molecule has 1 amide bonds. The number of halogens is 2. The highest BCUT2D eigenvalue weighted by molar-refractivity contribution is 7.18. The first-order valence-electron chi connectivity index (χ1n) is 8.66. The fourth-order valence-electron chi connectivity index (χ4n) is 3.46. The summed E-state index contributed by atoms with van der Waals surface area (Å²) < 4.78 is 1.36. The van der Waals surface area contributed by atoms with Gasteiger partial charge in [0, 0.05) is 20.6 Å². The first-order chi connectivity index (χ1) is 12.9. The Morgan fingerprint density at radius 2 is 2.07 bits per heavy atom. The largest absolute Gasteiger partial charge is 0.324 e. The molecule has 1 atom stereocenters. The van der Waals surface area contributed by atoms with Crippen LogP contribution in [0.2, 0.25) is 10.0 Å². The molecule has 5 nitrogen and oxygen atoms in total. The van der Waals surface area contributed by atoms with Crippen molar-refractivity contribution in [1.82, 2.24) is 9.55 Å². The van der Waals surface area contributed by atoms with Crippen LogP contribution < -0.4 is 10.9 Å². The van der Waals surface area contributed by atoms with Gasteiger partial charge in [0.15, 0.2) is 0 Å². The summed E-state index contributed by atoms with van der Waals surface area (Å²) in [5.74, 6) is 0.289. The number of benzene rings is 1. The maximum absolute atomic E-state index is 12.9. The van der Waals surface area contributed by atoms with E-state index in [1.54, 1.807) is 29.5 Å². The number of hydrogen-bond acceptors (Lipinski definition) is 4. The topological polar surface area (TPSA) is 64.0 Å². The average Bonchev–Trinajstić information content (AvgIpc) is 2.94. The molecule has 1 aromatic carbocycles. The van der Waals surface area contributed by atoms with Crippen LogP contribution >= 0.6 is 34.5 Å². The quantitative estimate of drug-likeness (QED) is 0.675. The zero-order valence-electron chi connectivity index (χ0n) is 14.6. The number of amides is 1. The lowest BCUT2D eigenvalue weighted by Gasteiger charge is -2.17. The maximum Gasteiger partial charge on any atom is 0.262 e. The van der Waals surface area contributed by atoms with Gasteiger partial charge in [-0.2, -0.15) is 0 Å². The number of anilines is 1. The van der Waals surface area contributed by atoms with Gasteiger partial charge in [-0.05, 0) is 48.9 Å². The summed E-state index contributed by atoms with van der Waals surface area (Å²) in [6.07, 6.45) is 4.40. The Bertz CT molecular complexity index is 1090. The van der Waals surface area contributed by atoms with Crippen molar-refractivity contribution in [3.8, 4) is 0 Å². The van der Waals surface area contributed by atoms with Crippen molar-refractivity contribution in [3.05, 3.63) is 55.4 Å². The third-order valence-corrected chi connectivity index (χ3v) is 6.34. The van der Waals surface area contributed by atoms with E-state index in [0.29, 0.717) is 27.0 Å². The Balaban J connectivity index is 1.61. The number of thiophene rings is 1. The van der Waals surface area contributed by atoms with Crippen molar-refractivity contribution >= 4 is 56.3 Å². The molecule has 0 radical (unpaired) electrons. The Labute approximate surface area is 169 Å². The Hall–Kier alpha value is -1.89. The number of rotatable bonds is 3. The van der Waals surface area contributed by atoms with Crippen LogP contribution in [-0.4, -0.2) is 15.5 Å². The van der Waals surface area contributed by atoms with Crippen LogP contribution in [-0.2, 0) is 24.2 Å². The van der Waals surface area contributed by atoms with Crippen LogP contribution in [0, 0.1) is 5.92 Å². The second-order valence-electron chi connectivity index (χ2n) is 6.92. The molecule has 0 bridgehead atoms. The van der Waals surface area contributed by atoms with Gasteiger partial charge in [0.1, 0.15) is 11.4 Å². The fraction of sp³-hybridized carbons (Fsp3) is 0.316. The molecule has 0 unspecified atom stereocenters. The zero-order valence-corrected chi connectivity index (χ0v) is 16.9. The summed E-state index contributed by atoms with van der Waals surface area (Å²) >= 11 is 13.5. The lowest BCUT2D eigenvalue weighted by atomic mass is 9.89. The molecule has 0 saturated heterocycles. The number of nitrogens with one attached hydrogen (secondary N) is 1. The third kappa shape index (κ3) is 3.74. The fourth-order valence-corrected chi connectivity index (χ4v) is 5.33. The van der Waals surface area contributed by atoms with Crippen molar-refractivity contribution in [2.75, 3.05) is 5.32 Å². The van der Waals surface area contributed by atoms with Gasteiger partial charge in [-0.1, -0.05) is 30.1 Å². The van der Waals surface area contributed by atoms with E-state index in [0.717, 1.165) is 29.7 Å². The minimum atomic E-state index is -0.339. The molecule has 0 aliphatic heterocycles. The summed E-state index contributed by atoms with van der Waals surface area (Å²) in [6.45, 7) is 2.11. The minimum absolute atomic E-state index is 0.118. The zero-order chi connectivity index (χ0) is 19.1. The summed E-state index contributed by atoms with van der Waals surface area (Å²) in [7, 11) is 0. The number of hydrogen-bond donors (Lipinski definition) is 1. The summed E-state index contributed by atoms with van der Waals surface area (Å²) in [6, 6.07) is 4.79. The lowest BCUT2D eigenvalue weighted by Crippen LogP contribution is -2.28. The molecule has 2 aromatic heterocycles. The predicted molar refractivity (Wildman–Crippen MR) is 110 cm³/mol. The normalized spacial score (nSPS) is 16.3. The monoisotopic (exact) mass is 421 g/mol. The van der Waals surface area contributed by atoms with Crippen molar-refractivity contribution in [3.63, 3.8) is 0 Å². The summed E-state index contributed by atoms with van der Waals surface area (Å²) in [5.41, 5.74) is 1.44. The van der Waals surface area contributed by atoms with Crippen LogP contribution in [0.1, 0.15) is 23.8 Å². The average molecular weight is 422 g/mol. The number of aryl methyl sites for hydroxylation is 1. The van der Waals surface area contributed by atoms with E-state index >= 15 is 0 Å². The smallest absolute Gasteiger partial charge is 0.262 e. The molecule has 1 N–H and O–H groups in total. The van der Waals surface area contributed by atoms with Crippen molar-refractivity contribution in [2.45, 2.75) is 32.7 Å². The van der Waals surface area contributed by atoms with Gasteiger partial charge in [-0.3, -0.25) is 14.2 Å². The summed E-state index contributed by atoms with van der Waals surface area (Å²) in [4.78, 5) is 31.8. The maximum atomic E-state index is 12.9. The van der Waals surface area contributed by atoms with Crippen molar-refractivity contribution in [1.29, 1.82) is 0 Å². The van der Waals surface area contributed by atoms with Crippen molar-refractivity contribution in [2.24, 2.45) is 5.92 Å². The molecule has 0 fully saturated rings. The van der Waals surface area contributed by atoms with E-state index in [1.165, 1.54) is 15.8 Å². The van der Waals surface area contributed by atoms with E-state index < -0.39 is 0 Å². The molecular weight excluding hydrogens is 405 g/mol. The minimum Gasteiger partial charge on any atom is -0.324 e. The van der Waals surface area contributed by atoms with E-state index in [4.69, 9.17) is 23.2 Å². The number of aromatic nitrogens is 2.